The second-order valence-corrected chi connectivity index (χ2v) is 5.58. The monoisotopic (exact) mass is 289 g/mol. The predicted octanol–water partition coefficient (Wildman–Crippen LogP) is 4.24. The first kappa shape index (κ1) is 13.2. The fourth-order valence-electron chi connectivity index (χ4n) is 2.43. The van der Waals surface area contributed by atoms with Crippen molar-refractivity contribution in [1.29, 1.82) is 0 Å². The highest BCUT2D eigenvalue weighted by molar-refractivity contribution is 6.20. The molecule has 2 heterocycles. The zero-order chi connectivity index (χ0) is 14.3. The number of benzene rings is 1. The lowest BCUT2D eigenvalue weighted by Crippen LogP contribution is -2.11. The van der Waals surface area contributed by atoms with Gasteiger partial charge in [-0.2, -0.15) is 0 Å². The summed E-state index contributed by atoms with van der Waals surface area (Å²) in [5, 5.41) is -0.180. The number of hydrogen-bond donors (Lipinski definition) is 0. The van der Waals surface area contributed by atoms with Crippen LogP contribution in [0.1, 0.15) is 42.7 Å². The van der Waals surface area contributed by atoms with Crippen molar-refractivity contribution in [2.75, 3.05) is 0 Å². The molecule has 0 radical (unpaired) electrons. The number of para-hydroxylation sites is 2. The van der Waals surface area contributed by atoms with Crippen molar-refractivity contribution in [3.8, 4) is 0 Å². The summed E-state index contributed by atoms with van der Waals surface area (Å²) in [5.41, 5.74) is 1.98. The topological polar surface area (TPSA) is 43.9 Å². The number of rotatable bonds is 3. The average molecular weight is 290 g/mol. The molecular weight excluding hydrogens is 274 g/mol. The van der Waals surface area contributed by atoms with Crippen LogP contribution in [0.2, 0.25) is 0 Å². The van der Waals surface area contributed by atoms with Gasteiger partial charge in [0.05, 0.1) is 22.6 Å². The summed E-state index contributed by atoms with van der Waals surface area (Å²) in [6.07, 6.45) is 1.73. The number of fused-ring (bicyclic) bond motifs is 1. The lowest BCUT2D eigenvalue weighted by atomic mass is 10.2. The number of aryl methyl sites for hydroxylation is 1. The molecule has 2 aromatic heterocycles. The molecular formula is C15H16ClN3O. The molecule has 0 aliphatic heterocycles. The fraction of sp³-hybridized carbons (Fsp3) is 0.333. The first-order chi connectivity index (χ1) is 9.58. The van der Waals surface area contributed by atoms with E-state index in [4.69, 9.17) is 16.0 Å². The standard InChI is InChI=1S/C15H16ClN3O/c1-9-8-17-15(20-9)11(3)19-13-7-5-4-6-12(13)18-14(19)10(2)16/h4-8,10-11H,1-3H3. The Hall–Kier alpha value is -1.81. The summed E-state index contributed by atoms with van der Waals surface area (Å²) >= 11 is 6.28. The smallest absolute Gasteiger partial charge is 0.217 e. The zero-order valence-electron chi connectivity index (χ0n) is 11.7. The molecule has 0 saturated carbocycles. The summed E-state index contributed by atoms with van der Waals surface area (Å²) in [7, 11) is 0. The molecule has 4 nitrogen and oxygen atoms in total. The third-order valence-corrected chi connectivity index (χ3v) is 3.56. The Bertz CT molecular complexity index is 744. The predicted molar refractivity (Wildman–Crippen MR) is 79.1 cm³/mol. The van der Waals surface area contributed by atoms with Gasteiger partial charge in [-0.1, -0.05) is 12.1 Å². The third kappa shape index (κ3) is 2.10. The lowest BCUT2D eigenvalue weighted by Gasteiger charge is -2.15. The molecule has 0 N–H and O–H groups in total. The van der Waals surface area contributed by atoms with Gasteiger partial charge in [0.2, 0.25) is 5.89 Å². The summed E-state index contributed by atoms with van der Waals surface area (Å²) < 4.78 is 7.75. The van der Waals surface area contributed by atoms with Crippen LogP contribution < -0.4 is 0 Å². The molecule has 0 aliphatic carbocycles. The van der Waals surface area contributed by atoms with E-state index in [0.29, 0.717) is 5.89 Å². The Kier molecular flexibility index (Phi) is 3.26. The maximum Gasteiger partial charge on any atom is 0.217 e. The maximum absolute atomic E-state index is 6.28. The molecule has 1 aromatic carbocycles. The van der Waals surface area contributed by atoms with Gasteiger partial charge in [-0.15, -0.1) is 11.6 Å². The van der Waals surface area contributed by atoms with Crippen LogP contribution in [0.25, 0.3) is 11.0 Å². The Morgan fingerprint density at radius 1 is 1.25 bits per heavy atom. The fourth-order valence-corrected chi connectivity index (χ4v) is 2.58. The van der Waals surface area contributed by atoms with Gasteiger partial charge in [-0.3, -0.25) is 0 Å². The van der Waals surface area contributed by atoms with Gasteiger partial charge in [0.1, 0.15) is 17.6 Å². The van der Waals surface area contributed by atoms with Crippen molar-refractivity contribution >= 4 is 22.6 Å². The van der Waals surface area contributed by atoms with Crippen LogP contribution in [0.3, 0.4) is 0 Å². The zero-order valence-corrected chi connectivity index (χ0v) is 12.4. The van der Waals surface area contributed by atoms with E-state index >= 15 is 0 Å². The number of halogens is 1. The number of nitrogens with zero attached hydrogens (tertiary/aromatic N) is 3. The molecule has 5 heteroatoms. The largest absolute Gasteiger partial charge is 0.444 e. The minimum absolute atomic E-state index is 0.0488. The van der Waals surface area contributed by atoms with Gasteiger partial charge < -0.3 is 8.98 Å². The summed E-state index contributed by atoms with van der Waals surface area (Å²) in [5.74, 6) is 2.30. The molecule has 2 unspecified atom stereocenters. The third-order valence-electron chi connectivity index (χ3n) is 3.36. The molecule has 104 valence electrons. The van der Waals surface area contributed by atoms with Crippen LogP contribution in [-0.4, -0.2) is 14.5 Å². The molecule has 0 bridgehead atoms. The highest BCUT2D eigenvalue weighted by Crippen LogP contribution is 2.30. The van der Waals surface area contributed by atoms with E-state index in [-0.39, 0.29) is 11.4 Å². The van der Waals surface area contributed by atoms with Crippen LogP contribution in [0.15, 0.2) is 34.9 Å². The SMILES string of the molecule is Cc1cnc(C(C)n2c(C(C)Cl)nc3ccccc32)o1. The van der Waals surface area contributed by atoms with Crippen LogP contribution in [-0.2, 0) is 0 Å². The van der Waals surface area contributed by atoms with Crippen molar-refractivity contribution in [3.05, 3.63) is 47.9 Å². The maximum atomic E-state index is 6.28. The molecule has 0 spiro atoms. The molecule has 3 aromatic rings. The van der Waals surface area contributed by atoms with Gasteiger partial charge >= 0.3 is 0 Å². The van der Waals surface area contributed by atoms with Gasteiger partial charge in [-0.25, -0.2) is 9.97 Å². The van der Waals surface area contributed by atoms with E-state index in [1.807, 2.05) is 45.0 Å². The van der Waals surface area contributed by atoms with Crippen molar-refractivity contribution in [3.63, 3.8) is 0 Å². The number of oxazole rings is 1. The highest BCUT2D eigenvalue weighted by atomic mass is 35.5. The van der Waals surface area contributed by atoms with Crippen LogP contribution in [0, 0.1) is 6.92 Å². The molecule has 2 atom stereocenters. The van der Waals surface area contributed by atoms with Crippen LogP contribution in [0.4, 0.5) is 0 Å². The molecule has 0 aliphatic rings. The second kappa shape index (κ2) is 4.94. The molecule has 0 saturated heterocycles. The van der Waals surface area contributed by atoms with E-state index in [1.165, 1.54) is 0 Å². The number of alkyl halides is 1. The van der Waals surface area contributed by atoms with E-state index in [9.17, 15) is 0 Å². The Morgan fingerprint density at radius 3 is 2.65 bits per heavy atom. The normalized spacial score (nSPS) is 14.6. The van der Waals surface area contributed by atoms with Crippen molar-refractivity contribution < 1.29 is 4.42 Å². The minimum atomic E-state index is -0.180. The Balaban J connectivity index is 2.20. The molecule has 0 fully saturated rings. The number of hydrogen-bond acceptors (Lipinski definition) is 3. The first-order valence-electron chi connectivity index (χ1n) is 6.61. The lowest BCUT2D eigenvalue weighted by molar-refractivity contribution is 0.414. The van der Waals surface area contributed by atoms with Crippen LogP contribution in [0.5, 0.6) is 0 Å². The molecule has 3 rings (SSSR count). The summed E-state index contributed by atoms with van der Waals surface area (Å²) in [6, 6.07) is 7.95. The molecule has 0 amide bonds. The van der Waals surface area contributed by atoms with Crippen molar-refractivity contribution in [2.24, 2.45) is 0 Å². The van der Waals surface area contributed by atoms with E-state index < -0.39 is 0 Å². The van der Waals surface area contributed by atoms with Crippen LogP contribution >= 0.6 is 11.6 Å². The van der Waals surface area contributed by atoms with Gasteiger partial charge in [0.25, 0.3) is 0 Å². The Morgan fingerprint density at radius 2 is 2.00 bits per heavy atom. The molecule has 20 heavy (non-hydrogen) atoms. The first-order valence-corrected chi connectivity index (χ1v) is 7.05. The van der Waals surface area contributed by atoms with E-state index in [1.54, 1.807) is 6.20 Å². The number of aromatic nitrogens is 3. The second-order valence-electron chi connectivity index (χ2n) is 4.93. The average Bonchev–Trinajstić information content (AvgIpc) is 3.01. The van der Waals surface area contributed by atoms with E-state index in [0.717, 1.165) is 22.6 Å². The highest BCUT2D eigenvalue weighted by Gasteiger charge is 2.22. The Labute approximate surface area is 122 Å². The van der Waals surface area contributed by atoms with Gasteiger partial charge in [0.15, 0.2) is 0 Å². The van der Waals surface area contributed by atoms with Gasteiger partial charge in [0, 0.05) is 0 Å². The van der Waals surface area contributed by atoms with Gasteiger partial charge in [-0.05, 0) is 32.9 Å². The van der Waals surface area contributed by atoms with Crippen molar-refractivity contribution in [1.82, 2.24) is 14.5 Å². The quantitative estimate of drug-likeness (QED) is 0.677. The summed E-state index contributed by atoms with van der Waals surface area (Å²) in [6.45, 7) is 5.86. The minimum Gasteiger partial charge on any atom is -0.444 e. The van der Waals surface area contributed by atoms with Crippen molar-refractivity contribution in [2.45, 2.75) is 32.2 Å². The number of imidazole rings is 1. The summed E-state index contributed by atoms with van der Waals surface area (Å²) in [4.78, 5) is 8.95. The van der Waals surface area contributed by atoms with E-state index in [2.05, 4.69) is 14.5 Å².